The summed E-state index contributed by atoms with van der Waals surface area (Å²) in [7, 11) is 1.88. The van der Waals surface area contributed by atoms with E-state index in [0.29, 0.717) is 43.9 Å². The average molecular weight is 590 g/mol. The highest BCUT2D eigenvalue weighted by Crippen LogP contribution is 2.49. The number of hydrogen-bond acceptors (Lipinski definition) is 4. The zero-order valence-electron chi connectivity index (χ0n) is 25.1. The molecule has 0 radical (unpaired) electrons. The van der Waals surface area contributed by atoms with Crippen LogP contribution < -0.4 is 10.9 Å². The summed E-state index contributed by atoms with van der Waals surface area (Å²) >= 11 is 0. The number of likely N-dealkylation sites (tertiary alicyclic amines) is 2. The molecule has 1 N–H and O–H groups in total. The first-order valence-corrected chi connectivity index (χ1v) is 15.6. The van der Waals surface area contributed by atoms with Gasteiger partial charge < -0.3 is 15.1 Å². The molecule has 3 atom stereocenters. The highest BCUT2D eigenvalue weighted by atomic mass is 19.1. The van der Waals surface area contributed by atoms with Crippen LogP contribution in [0.25, 0.3) is 11.3 Å². The van der Waals surface area contributed by atoms with E-state index in [1.165, 1.54) is 12.1 Å². The molecule has 43 heavy (non-hydrogen) atoms. The van der Waals surface area contributed by atoms with Gasteiger partial charge >= 0.3 is 6.03 Å². The van der Waals surface area contributed by atoms with Crippen LogP contribution in [0.5, 0.6) is 0 Å². The molecule has 0 bridgehead atoms. The second-order valence-corrected chi connectivity index (χ2v) is 12.7. The minimum absolute atomic E-state index is 0.0588. The molecule has 228 valence electrons. The largest absolute Gasteiger partial charge is 0.324 e. The molecule has 1 spiro atoms. The van der Waals surface area contributed by atoms with Crippen LogP contribution in [0.4, 0.5) is 13.6 Å². The monoisotopic (exact) mass is 589 g/mol. The number of urea groups is 1. The van der Waals surface area contributed by atoms with Crippen LogP contribution in [0.2, 0.25) is 0 Å². The number of halogens is 2. The summed E-state index contributed by atoms with van der Waals surface area (Å²) < 4.78 is 30.4. The molecule has 3 heterocycles. The van der Waals surface area contributed by atoms with E-state index < -0.39 is 17.7 Å². The van der Waals surface area contributed by atoms with Crippen molar-refractivity contribution in [2.45, 2.75) is 70.5 Å². The van der Waals surface area contributed by atoms with Gasteiger partial charge in [-0.15, -0.1) is 0 Å². The summed E-state index contributed by atoms with van der Waals surface area (Å²) in [6.45, 7) is 4.32. The molecule has 1 saturated carbocycles. The zero-order valence-corrected chi connectivity index (χ0v) is 25.1. The number of piperidine rings is 2. The zero-order chi connectivity index (χ0) is 30.1. The van der Waals surface area contributed by atoms with Gasteiger partial charge in [0.2, 0.25) is 0 Å². The third kappa shape index (κ3) is 5.84. The number of aromatic nitrogens is 2. The number of nitrogens with one attached hydrogen (secondary N) is 1. The van der Waals surface area contributed by atoms with Crippen molar-refractivity contribution in [2.24, 2.45) is 11.3 Å². The Kier molecular flexibility index (Phi) is 8.36. The van der Waals surface area contributed by atoms with Crippen molar-refractivity contribution >= 4 is 6.03 Å². The maximum atomic E-state index is 15.0. The Balaban J connectivity index is 1.21. The van der Waals surface area contributed by atoms with E-state index in [1.54, 1.807) is 21.9 Å². The Morgan fingerprint density at radius 2 is 1.86 bits per heavy atom. The molecule has 3 aromatic rings. The number of carbonyl (C=O) groups excluding carboxylic acids is 1. The number of aryl methyl sites for hydroxylation is 1. The predicted octanol–water partition coefficient (Wildman–Crippen LogP) is 5.92. The Morgan fingerprint density at radius 3 is 2.58 bits per heavy atom. The van der Waals surface area contributed by atoms with Gasteiger partial charge in [-0.25, -0.2) is 18.6 Å². The fourth-order valence-corrected chi connectivity index (χ4v) is 7.81. The lowest BCUT2D eigenvalue weighted by atomic mass is 9.69. The fourth-order valence-electron chi connectivity index (χ4n) is 7.81. The first-order valence-electron chi connectivity index (χ1n) is 15.6. The number of benzene rings is 2. The van der Waals surface area contributed by atoms with Crippen molar-refractivity contribution in [3.05, 3.63) is 88.0 Å². The van der Waals surface area contributed by atoms with Gasteiger partial charge in [-0.2, -0.15) is 0 Å². The summed E-state index contributed by atoms with van der Waals surface area (Å²) in [5.74, 6) is -0.981. The summed E-state index contributed by atoms with van der Waals surface area (Å²) in [6, 6.07) is 12.8. The quantitative estimate of drug-likeness (QED) is 0.401. The Labute approximate surface area is 251 Å². The molecule has 3 fully saturated rings. The summed E-state index contributed by atoms with van der Waals surface area (Å²) in [4.78, 5) is 35.8. The van der Waals surface area contributed by atoms with Crippen LogP contribution in [0, 0.1) is 29.9 Å². The number of carbonyl (C=O) groups is 1. The lowest BCUT2D eigenvalue weighted by Crippen LogP contribution is -2.57. The first kappa shape index (κ1) is 29.5. The van der Waals surface area contributed by atoms with E-state index in [-0.39, 0.29) is 29.0 Å². The van der Waals surface area contributed by atoms with Crippen molar-refractivity contribution in [1.29, 1.82) is 0 Å². The van der Waals surface area contributed by atoms with Gasteiger partial charge in [0.15, 0.2) is 0 Å². The Morgan fingerprint density at radius 1 is 1.07 bits per heavy atom. The number of amides is 2. The van der Waals surface area contributed by atoms with E-state index >= 15 is 0 Å². The van der Waals surface area contributed by atoms with Gasteiger partial charge in [-0.1, -0.05) is 43.2 Å². The SMILES string of the molecule is CNC1CCN(C(=O)N2CC[C@@H](Cn3cnc(-c4ccccc4C)cc3=O)C3(CCCC3)C2)[C@H](c2ccc(F)cc2F)C1. The minimum atomic E-state index is -0.621. The molecule has 1 aromatic heterocycles. The van der Waals surface area contributed by atoms with Crippen LogP contribution >= 0.6 is 0 Å². The van der Waals surface area contributed by atoms with E-state index in [0.717, 1.165) is 55.7 Å². The van der Waals surface area contributed by atoms with Gasteiger partial charge in [0, 0.05) is 55.5 Å². The maximum absolute atomic E-state index is 15.0. The third-order valence-electron chi connectivity index (χ3n) is 10.3. The third-order valence-corrected chi connectivity index (χ3v) is 10.3. The number of hydrogen-bond donors (Lipinski definition) is 1. The van der Waals surface area contributed by atoms with Gasteiger partial charge in [0.05, 0.1) is 18.1 Å². The second-order valence-electron chi connectivity index (χ2n) is 12.7. The van der Waals surface area contributed by atoms with Crippen LogP contribution in [-0.2, 0) is 6.54 Å². The van der Waals surface area contributed by atoms with Crippen LogP contribution in [0.15, 0.2) is 59.7 Å². The minimum Gasteiger partial charge on any atom is -0.324 e. The van der Waals surface area contributed by atoms with Crippen molar-refractivity contribution in [3.63, 3.8) is 0 Å². The molecule has 9 heteroatoms. The lowest BCUT2D eigenvalue weighted by Gasteiger charge is -2.49. The van der Waals surface area contributed by atoms with Crippen molar-refractivity contribution in [2.75, 3.05) is 26.7 Å². The molecular formula is C34H41F2N5O2. The predicted molar refractivity (Wildman–Crippen MR) is 163 cm³/mol. The lowest BCUT2D eigenvalue weighted by molar-refractivity contribution is 0.0205. The van der Waals surface area contributed by atoms with E-state index in [2.05, 4.69) is 10.3 Å². The normalized spacial score (nSPS) is 23.6. The second kappa shape index (κ2) is 12.2. The van der Waals surface area contributed by atoms with Crippen molar-refractivity contribution < 1.29 is 13.6 Å². The van der Waals surface area contributed by atoms with Crippen LogP contribution in [0.1, 0.15) is 62.1 Å². The highest BCUT2D eigenvalue weighted by Gasteiger charge is 2.47. The molecule has 2 aromatic carbocycles. The highest BCUT2D eigenvalue weighted by molar-refractivity contribution is 5.75. The Hall–Kier alpha value is -3.59. The standard InChI is InChI=1S/C34H41F2N5O2/c1-23-7-3-4-8-27(23)30-19-32(42)40(22-38-30)20-24-11-15-39(21-34(24)13-5-6-14-34)33(43)41-16-12-26(37-2)18-31(41)28-10-9-25(35)17-29(28)36/h3-4,7-10,17,19,22,24,26,31,37H,5-6,11-16,18,20-21H2,1-2H3/t24-,26?,31-/m0/s1. The number of nitrogens with zero attached hydrogens (tertiary/aromatic N) is 4. The van der Waals surface area contributed by atoms with Gasteiger partial charge in [-0.05, 0) is 69.0 Å². The van der Waals surface area contributed by atoms with E-state index in [9.17, 15) is 18.4 Å². The van der Waals surface area contributed by atoms with Crippen LogP contribution in [-0.4, -0.2) is 58.1 Å². The van der Waals surface area contributed by atoms with Gasteiger partial charge in [0.25, 0.3) is 5.56 Å². The molecule has 1 aliphatic carbocycles. The van der Waals surface area contributed by atoms with Crippen molar-refractivity contribution in [1.82, 2.24) is 24.7 Å². The van der Waals surface area contributed by atoms with E-state index in [4.69, 9.17) is 0 Å². The molecule has 2 aliphatic heterocycles. The topological polar surface area (TPSA) is 70.5 Å². The van der Waals surface area contributed by atoms with E-state index in [1.807, 2.05) is 43.1 Å². The molecular weight excluding hydrogens is 548 g/mol. The molecule has 3 aliphatic rings. The molecule has 6 rings (SSSR count). The molecule has 2 saturated heterocycles. The molecule has 1 unspecified atom stereocenters. The first-order chi connectivity index (χ1) is 20.8. The van der Waals surface area contributed by atoms with Crippen molar-refractivity contribution in [3.8, 4) is 11.3 Å². The number of rotatable bonds is 5. The smallest absolute Gasteiger partial charge is 0.320 e. The van der Waals surface area contributed by atoms with Gasteiger partial charge in [-0.3, -0.25) is 9.36 Å². The maximum Gasteiger partial charge on any atom is 0.320 e. The average Bonchev–Trinajstić information content (AvgIpc) is 3.47. The van der Waals surface area contributed by atoms with Gasteiger partial charge in [0.1, 0.15) is 11.6 Å². The Bertz CT molecular complexity index is 1540. The summed E-state index contributed by atoms with van der Waals surface area (Å²) in [6.07, 6.45) is 8.06. The molecule has 2 amide bonds. The summed E-state index contributed by atoms with van der Waals surface area (Å²) in [5, 5.41) is 3.28. The summed E-state index contributed by atoms with van der Waals surface area (Å²) in [5.41, 5.74) is 2.96. The molecule has 7 nitrogen and oxygen atoms in total. The fraction of sp³-hybridized carbons (Fsp3) is 0.500. The van der Waals surface area contributed by atoms with Crippen LogP contribution in [0.3, 0.4) is 0 Å².